The Morgan fingerprint density at radius 1 is 1.38 bits per heavy atom. The number of carbonyl (C=O) groups is 1. The maximum Gasteiger partial charge on any atom is 0.317 e. The van der Waals surface area contributed by atoms with Crippen LogP contribution in [0.15, 0.2) is 24.3 Å². The number of aliphatic hydroxyl groups excluding tert-OH is 1. The average Bonchev–Trinajstić information content (AvgIpc) is 2.56. The highest BCUT2D eigenvalue weighted by molar-refractivity contribution is 5.74. The number of nitrogens with one attached hydrogen (secondary N) is 1. The molecule has 0 heterocycles. The van der Waals surface area contributed by atoms with Crippen LogP contribution in [0.25, 0.3) is 0 Å². The van der Waals surface area contributed by atoms with E-state index in [1.54, 1.807) is 24.1 Å². The Labute approximate surface area is 142 Å². The van der Waals surface area contributed by atoms with E-state index in [0.717, 1.165) is 25.7 Å². The fourth-order valence-electron chi connectivity index (χ4n) is 2.95. The van der Waals surface area contributed by atoms with Crippen LogP contribution in [0.1, 0.15) is 32.6 Å². The number of nitrogens with zero attached hydrogens (tertiary/aromatic N) is 1. The fourth-order valence-corrected chi connectivity index (χ4v) is 2.95. The molecule has 24 heavy (non-hydrogen) atoms. The van der Waals surface area contributed by atoms with Crippen molar-refractivity contribution in [1.29, 1.82) is 0 Å². The minimum Gasteiger partial charge on any atom is -0.491 e. The summed E-state index contributed by atoms with van der Waals surface area (Å²) in [5, 5.41) is 12.9. The number of halogens is 1. The molecule has 3 unspecified atom stereocenters. The van der Waals surface area contributed by atoms with Crippen LogP contribution in [0.4, 0.5) is 9.18 Å². The van der Waals surface area contributed by atoms with Crippen molar-refractivity contribution in [3.8, 4) is 5.75 Å². The molecule has 0 bridgehead atoms. The summed E-state index contributed by atoms with van der Waals surface area (Å²) in [4.78, 5) is 13.8. The zero-order valence-corrected chi connectivity index (χ0v) is 14.4. The molecule has 0 saturated heterocycles. The van der Waals surface area contributed by atoms with Gasteiger partial charge in [0.1, 0.15) is 18.2 Å². The Bertz CT molecular complexity index is 524. The van der Waals surface area contributed by atoms with Gasteiger partial charge in [0.2, 0.25) is 0 Å². The van der Waals surface area contributed by atoms with Crippen LogP contribution < -0.4 is 10.1 Å². The van der Waals surface area contributed by atoms with E-state index in [0.29, 0.717) is 18.9 Å². The second kappa shape index (κ2) is 8.87. The molecule has 3 atom stereocenters. The van der Waals surface area contributed by atoms with Crippen LogP contribution in [0.5, 0.6) is 5.75 Å². The van der Waals surface area contributed by atoms with Crippen LogP contribution in [0.3, 0.4) is 0 Å². The predicted molar refractivity (Wildman–Crippen MR) is 90.5 cm³/mol. The van der Waals surface area contributed by atoms with Crippen LogP contribution in [0, 0.1) is 11.7 Å². The lowest BCUT2D eigenvalue weighted by atomic mass is 9.86. The molecule has 2 rings (SSSR count). The second-order valence-corrected chi connectivity index (χ2v) is 6.61. The molecule has 1 aromatic carbocycles. The SMILES string of the molecule is CC(COc1ccc(F)cc1)NC(=O)N(C)CC1CCCCC1O. The number of ether oxygens (including phenoxy) is 1. The van der Waals surface area contributed by atoms with E-state index in [-0.39, 0.29) is 29.9 Å². The zero-order chi connectivity index (χ0) is 17.5. The molecule has 0 spiro atoms. The lowest BCUT2D eigenvalue weighted by Crippen LogP contribution is -2.47. The van der Waals surface area contributed by atoms with Crippen LogP contribution >= 0.6 is 0 Å². The van der Waals surface area contributed by atoms with Crippen molar-refractivity contribution in [3.05, 3.63) is 30.1 Å². The molecule has 134 valence electrons. The number of benzene rings is 1. The summed E-state index contributed by atoms with van der Waals surface area (Å²) in [6.45, 7) is 2.71. The molecule has 6 heteroatoms. The van der Waals surface area contributed by atoms with Crippen molar-refractivity contribution in [2.45, 2.75) is 44.8 Å². The van der Waals surface area contributed by atoms with Gasteiger partial charge in [-0.05, 0) is 44.0 Å². The van der Waals surface area contributed by atoms with Crippen molar-refractivity contribution in [2.24, 2.45) is 5.92 Å². The number of urea groups is 1. The largest absolute Gasteiger partial charge is 0.491 e. The Balaban J connectivity index is 1.72. The van der Waals surface area contributed by atoms with E-state index >= 15 is 0 Å². The molecule has 1 aliphatic carbocycles. The van der Waals surface area contributed by atoms with Gasteiger partial charge in [-0.3, -0.25) is 0 Å². The van der Waals surface area contributed by atoms with Crippen molar-refractivity contribution in [2.75, 3.05) is 20.2 Å². The summed E-state index contributed by atoms with van der Waals surface area (Å²) in [7, 11) is 1.74. The molecule has 5 nitrogen and oxygen atoms in total. The number of carbonyl (C=O) groups excluding carboxylic acids is 1. The first-order valence-electron chi connectivity index (χ1n) is 8.53. The lowest BCUT2D eigenvalue weighted by Gasteiger charge is -2.31. The van der Waals surface area contributed by atoms with Crippen molar-refractivity contribution in [1.82, 2.24) is 10.2 Å². The molecule has 0 radical (unpaired) electrons. The van der Waals surface area contributed by atoms with E-state index in [1.807, 2.05) is 6.92 Å². The third-order valence-electron chi connectivity index (χ3n) is 4.41. The van der Waals surface area contributed by atoms with Crippen molar-refractivity contribution < 1.29 is 19.0 Å². The van der Waals surface area contributed by atoms with E-state index < -0.39 is 0 Å². The Morgan fingerprint density at radius 3 is 2.71 bits per heavy atom. The topological polar surface area (TPSA) is 61.8 Å². The quantitative estimate of drug-likeness (QED) is 0.838. The Morgan fingerprint density at radius 2 is 2.04 bits per heavy atom. The molecule has 2 amide bonds. The number of rotatable bonds is 6. The molecular weight excluding hydrogens is 311 g/mol. The molecule has 0 aromatic heterocycles. The third kappa shape index (κ3) is 5.67. The second-order valence-electron chi connectivity index (χ2n) is 6.61. The average molecular weight is 338 g/mol. The van der Waals surface area contributed by atoms with Crippen molar-refractivity contribution >= 4 is 6.03 Å². The molecule has 1 aromatic rings. The molecule has 1 aliphatic rings. The molecular formula is C18H27FN2O3. The maximum absolute atomic E-state index is 12.8. The monoisotopic (exact) mass is 338 g/mol. The summed E-state index contributed by atoms with van der Waals surface area (Å²) in [6.07, 6.45) is 3.64. The maximum atomic E-state index is 12.8. The summed E-state index contributed by atoms with van der Waals surface area (Å²) in [5.74, 6) is 0.409. The molecule has 1 fully saturated rings. The summed E-state index contributed by atoms with van der Waals surface area (Å²) >= 11 is 0. The highest BCUT2D eigenvalue weighted by Crippen LogP contribution is 2.24. The molecule has 1 saturated carbocycles. The summed E-state index contributed by atoms with van der Waals surface area (Å²) < 4.78 is 18.4. The standard InChI is InChI=1S/C18H27FN2O3/c1-13(12-24-16-9-7-15(19)8-10-16)20-18(23)21(2)11-14-5-3-4-6-17(14)22/h7-10,13-14,17,22H,3-6,11-12H2,1-2H3,(H,20,23). The van der Waals surface area contributed by atoms with E-state index in [4.69, 9.17) is 4.74 Å². The van der Waals surface area contributed by atoms with Gasteiger partial charge in [0.05, 0.1) is 12.1 Å². The van der Waals surface area contributed by atoms with Gasteiger partial charge in [0.15, 0.2) is 0 Å². The van der Waals surface area contributed by atoms with Crippen LogP contribution in [-0.4, -0.2) is 48.4 Å². The first-order chi connectivity index (χ1) is 11.5. The van der Waals surface area contributed by atoms with Crippen molar-refractivity contribution in [3.63, 3.8) is 0 Å². The van der Waals surface area contributed by atoms with Gasteiger partial charge < -0.3 is 20.1 Å². The lowest BCUT2D eigenvalue weighted by molar-refractivity contribution is 0.0561. The first kappa shape index (κ1) is 18.5. The number of aliphatic hydroxyl groups is 1. The number of hydrogen-bond acceptors (Lipinski definition) is 3. The van der Waals surface area contributed by atoms with E-state index in [1.165, 1.54) is 12.1 Å². The molecule has 2 N–H and O–H groups in total. The Hall–Kier alpha value is -1.82. The number of hydrogen-bond donors (Lipinski definition) is 2. The van der Waals surface area contributed by atoms with Gasteiger partial charge in [-0.1, -0.05) is 12.8 Å². The first-order valence-corrected chi connectivity index (χ1v) is 8.53. The van der Waals surface area contributed by atoms with E-state index in [9.17, 15) is 14.3 Å². The van der Waals surface area contributed by atoms with Gasteiger partial charge in [0, 0.05) is 19.5 Å². The highest BCUT2D eigenvalue weighted by atomic mass is 19.1. The van der Waals surface area contributed by atoms with Gasteiger partial charge in [-0.15, -0.1) is 0 Å². The van der Waals surface area contributed by atoms with Crippen LogP contribution in [-0.2, 0) is 0 Å². The van der Waals surface area contributed by atoms with Gasteiger partial charge in [-0.2, -0.15) is 0 Å². The predicted octanol–water partition coefficient (Wildman–Crippen LogP) is 2.79. The minimum atomic E-state index is -0.312. The summed E-state index contributed by atoms with van der Waals surface area (Å²) in [5.41, 5.74) is 0. The molecule has 0 aliphatic heterocycles. The zero-order valence-electron chi connectivity index (χ0n) is 14.4. The van der Waals surface area contributed by atoms with Gasteiger partial charge >= 0.3 is 6.03 Å². The van der Waals surface area contributed by atoms with Gasteiger partial charge in [-0.25, -0.2) is 9.18 Å². The fraction of sp³-hybridized carbons (Fsp3) is 0.611. The summed E-state index contributed by atoms with van der Waals surface area (Å²) in [6, 6.07) is 5.43. The normalized spacial score (nSPS) is 21.8. The van der Waals surface area contributed by atoms with E-state index in [2.05, 4.69) is 5.32 Å². The minimum absolute atomic E-state index is 0.153. The highest BCUT2D eigenvalue weighted by Gasteiger charge is 2.25. The Kier molecular flexibility index (Phi) is 6.85. The number of amides is 2. The third-order valence-corrected chi connectivity index (χ3v) is 4.41. The van der Waals surface area contributed by atoms with Gasteiger partial charge in [0.25, 0.3) is 0 Å². The van der Waals surface area contributed by atoms with Crippen LogP contribution in [0.2, 0.25) is 0 Å². The smallest absolute Gasteiger partial charge is 0.317 e.